The number of fused-ring (bicyclic) bond motifs is 1. The van der Waals surface area contributed by atoms with Crippen molar-refractivity contribution < 1.29 is 14.3 Å². The maximum atomic E-state index is 14.5. The Hall–Kier alpha value is -3.47. The largest absolute Gasteiger partial charge is 0.477 e. The lowest BCUT2D eigenvalue weighted by Gasteiger charge is -2.13. The second-order valence-corrected chi connectivity index (χ2v) is 7.34. The third-order valence-electron chi connectivity index (χ3n) is 5.34. The molecule has 1 heterocycles. The topological polar surface area (TPSA) is 55.1 Å². The number of rotatable bonds is 7. The molecule has 1 aromatic heterocycles. The summed E-state index contributed by atoms with van der Waals surface area (Å²) in [5.41, 5.74) is 1.43. The van der Waals surface area contributed by atoms with Crippen LogP contribution in [0.25, 0.3) is 22.0 Å². The first-order valence-electron chi connectivity index (χ1n) is 10.1. The summed E-state index contributed by atoms with van der Waals surface area (Å²) >= 11 is 0. The van der Waals surface area contributed by atoms with Gasteiger partial charge in [-0.25, -0.2) is 14.2 Å². The minimum atomic E-state index is -1.11. The fourth-order valence-electron chi connectivity index (χ4n) is 3.85. The molecule has 4 rings (SSSR count). The molecule has 1 N–H and O–H groups in total. The first-order valence-corrected chi connectivity index (χ1v) is 10.1. The molecule has 152 valence electrons. The van der Waals surface area contributed by atoms with Gasteiger partial charge in [-0.05, 0) is 34.9 Å². The summed E-state index contributed by atoms with van der Waals surface area (Å²) in [6, 6.07) is 20.2. The number of imidazole rings is 1. The van der Waals surface area contributed by atoms with Gasteiger partial charge in [-0.3, -0.25) is 0 Å². The van der Waals surface area contributed by atoms with Gasteiger partial charge in [-0.15, -0.1) is 0 Å². The summed E-state index contributed by atoms with van der Waals surface area (Å²) in [5.74, 6) is -0.916. The molecule has 0 saturated heterocycles. The van der Waals surface area contributed by atoms with Gasteiger partial charge in [0, 0.05) is 12.0 Å². The predicted molar refractivity (Wildman–Crippen MR) is 116 cm³/mol. The molecule has 4 aromatic rings. The lowest BCUT2D eigenvalue weighted by atomic mass is 10.0. The van der Waals surface area contributed by atoms with E-state index in [0.717, 1.165) is 29.2 Å². The van der Waals surface area contributed by atoms with Crippen LogP contribution in [0.2, 0.25) is 0 Å². The van der Waals surface area contributed by atoms with Gasteiger partial charge in [0.1, 0.15) is 17.3 Å². The highest BCUT2D eigenvalue weighted by Crippen LogP contribution is 2.29. The number of aromatic carboxylic acids is 1. The van der Waals surface area contributed by atoms with E-state index in [4.69, 9.17) is 0 Å². The van der Waals surface area contributed by atoms with E-state index in [9.17, 15) is 14.3 Å². The molecule has 0 aliphatic heterocycles. The molecule has 30 heavy (non-hydrogen) atoms. The van der Waals surface area contributed by atoms with E-state index < -0.39 is 11.8 Å². The third-order valence-corrected chi connectivity index (χ3v) is 5.34. The van der Waals surface area contributed by atoms with Crippen LogP contribution in [-0.2, 0) is 13.0 Å². The van der Waals surface area contributed by atoms with E-state index in [1.165, 1.54) is 6.07 Å². The highest BCUT2D eigenvalue weighted by Gasteiger charge is 2.25. The van der Waals surface area contributed by atoms with Crippen molar-refractivity contribution in [1.29, 1.82) is 0 Å². The van der Waals surface area contributed by atoms with Crippen molar-refractivity contribution in [1.82, 2.24) is 9.55 Å². The summed E-state index contributed by atoms with van der Waals surface area (Å²) < 4.78 is 16.2. The number of hydrogen-bond donors (Lipinski definition) is 1. The van der Waals surface area contributed by atoms with Gasteiger partial charge in [0.25, 0.3) is 0 Å². The molecule has 0 bridgehead atoms. The summed E-state index contributed by atoms with van der Waals surface area (Å²) in [6.45, 7) is 2.44. The van der Waals surface area contributed by atoms with Crippen molar-refractivity contribution in [2.24, 2.45) is 0 Å². The van der Waals surface area contributed by atoms with Crippen LogP contribution in [0.4, 0.5) is 4.39 Å². The number of carboxylic acid groups (broad SMARTS) is 1. The average Bonchev–Trinajstić information content (AvgIpc) is 3.11. The molecule has 0 atom stereocenters. The molecule has 0 amide bonds. The van der Waals surface area contributed by atoms with Crippen molar-refractivity contribution in [3.05, 3.63) is 89.6 Å². The number of nitrogens with zero attached hydrogens (tertiary/aromatic N) is 2. The molecule has 3 aromatic carbocycles. The molecule has 0 aliphatic rings. The highest BCUT2D eigenvalue weighted by atomic mass is 19.1. The molecular weight excluding hydrogens is 379 g/mol. The smallest absolute Gasteiger partial charge is 0.354 e. The fourth-order valence-corrected chi connectivity index (χ4v) is 3.85. The Morgan fingerprint density at radius 1 is 1.03 bits per heavy atom. The summed E-state index contributed by atoms with van der Waals surface area (Å²) in [6.07, 6.45) is 2.47. The van der Waals surface area contributed by atoms with Crippen molar-refractivity contribution in [2.45, 2.75) is 32.7 Å². The van der Waals surface area contributed by atoms with Gasteiger partial charge < -0.3 is 9.67 Å². The van der Waals surface area contributed by atoms with Crippen LogP contribution >= 0.6 is 0 Å². The minimum Gasteiger partial charge on any atom is -0.477 e. The first kappa shape index (κ1) is 19.8. The van der Waals surface area contributed by atoms with E-state index in [1.54, 1.807) is 22.8 Å². The van der Waals surface area contributed by atoms with E-state index in [2.05, 4.69) is 11.9 Å². The summed E-state index contributed by atoms with van der Waals surface area (Å²) in [4.78, 5) is 16.9. The summed E-state index contributed by atoms with van der Waals surface area (Å²) in [7, 11) is 0. The summed E-state index contributed by atoms with van der Waals surface area (Å²) in [5, 5.41) is 12.2. The molecular formula is C25H23FN2O2. The zero-order valence-corrected chi connectivity index (χ0v) is 16.8. The van der Waals surface area contributed by atoms with Gasteiger partial charge in [0.2, 0.25) is 0 Å². The number of hydrogen-bond acceptors (Lipinski definition) is 2. The molecule has 0 aliphatic carbocycles. The van der Waals surface area contributed by atoms with Crippen molar-refractivity contribution in [2.75, 3.05) is 0 Å². The second kappa shape index (κ2) is 8.49. The van der Waals surface area contributed by atoms with Crippen LogP contribution in [0.1, 0.15) is 41.6 Å². The normalized spacial score (nSPS) is 11.1. The monoisotopic (exact) mass is 402 g/mol. The number of halogens is 1. The van der Waals surface area contributed by atoms with Crippen molar-refractivity contribution >= 4 is 16.7 Å². The van der Waals surface area contributed by atoms with Gasteiger partial charge >= 0.3 is 5.97 Å². The Labute approximate surface area is 174 Å². The SMILES string of the molecule is CCCCc1nc(-c2ccccc2F)c(C(=O)O)n1Cc1cccc2ccccc12. The Balaban J connectivity index is 1.91. The Morgan fingerprint density at radius 2 is 1.77 bits per heavy atom. The highest BCUT2D eigenvalue weighted by molar-refractivity contribution is 5.94. The van der Waals surface area contributed by atoms with Gasteiger partial charge in [-0.1, -0.05) is 67.9 Å². The molecule has 0 unspecified atom stereocenters. The molecule has 5 heteroatoms. The van der Waals surface area contributed by atoms with Gasteiger partial charge in [0.05, 0.1) is 6.54 Å². The second-order valence-electron chi connectivity index (χ2n) is 7.34. The zero-order chi connectivity index (χ0) is 21.1. The Bertz CT molecular complexity index is 1210. The van der Waals surface area contributed by atoms with Gasteiger partial charge in [-0.2, -0.15) is 0 Å². The quantitative estimate of drug-likeness (QED) is 0.417. The first-order chi connectivity index (χ1) is 14.6. The molecule has 0 spiro atoms. The number of aryl methyl sites for hydroxylation is 1. The van der Waals surface area contributed by atoms with Crippen LogP contribution < -0.4 is 0 Å². The van der Waals surface area contributed by atoms with E-state index in [1.807, 2.05) is 42.5 Å². The van der Waals surface area contributed by atoms with Crippen molar-refractivity contribution in [3.63, 3.8) is 0 Å². The third kappa shape index (κ3) is 3.71. The molecule has 0 fully saturated rings. The van der Waals surface area contributed by atoms with E-state index in [-0.39, 0.29) is 17.0 Å². The molecule has 0 saturated carbocycles. The average molecular weight is 402 g/mol. The maximum absolute atomic E-state index is 14.5. The number of aromatic nitrogens is 2. The predicted octanol–water partition coefficient (Wildman–Crippen LogP) is 5.93. The lowest BCUT2D eigenvalue weighted by Crippen LogP contribution is -2.13. The Kier molecular flexibility index (Phi) is 5.61. The number of carboxylic acids is 1. The fraction of sp³-hybridized carbons (Fsp3) is 0.200. The van der Waals surface area contributed by atoms with Crippen molar-refractivity contribution in [3.8, 4) is 11.3 Å². The number of unbranched alkanes of at least 4 members (excludes halogenated alkanes) is 1. The Morgan fingerprint density at radius 3 is 2.53 bits per heavy atom. The number of benzene rings is 3. The standard InChI is InChI=1S/C25H23FN2O2/c1-2-3-15-22-27-23(20-13-6-7-14-21(20)26)24(25(29)30)28(22)16-18-11-8-10-17-9-4-5-12-19(17)18/h4-14H,2-3,15-16H2,1H3,(H,29,30). The van der Waals surface area contributed by atoms with Gasteiger partial charge in [0.15, 0.2) is 5.69 Å². The van der Waals surface area contributed by atoms with E-state index in [0.29, 0.717) is 18.8 Å². The maximum Gasteiger partial charge on any atom is 0.354 e. The zero-order valence-electron chi connectivity index (χ0n) is 16.8. The molecule has 0 radical (unpaired) electrons. The van der Waals surface area contributed by atoms with E-state index >= 15 is 0 Å². The van der Waals surface area contributed by atoms with Crippen LogP contribution in [0, 0.1) is 5.82 Å². The lowest BCUT2D eigenvalue weighted by molar-refractivity contribution is 0.0686. The van der Waals surface area contributed by atoms with Crippen LogP contribution in [-0.4, -0.2) is 20.6 Å². The minimum absolute atomic E-state index is 0.0270. The molecule has 4 nitrogen and oxygen atoms in total. The number of carbonyl (C=O) groups is 1. The van der Waals surface area contributed by atoms with Crippen LogP contribution in [0.5, 0.6) is 0 Å². The van der Waals surface area contributed by atoms with Crippen LogP contribution in [0.15, 0.2) is 66.7 Å². The van der Waals surface area contributed by atoms with Crippen LogP contribution in [0.3, 0.4) is 0 Å².